The number of anilines is 2. The number of pyridine rings is 1. The number of nitrogens with two attached hydrogens (primary N) is 1. The number of aromatic nitrogens is 1. The minimum atomic E-state index is -0.298. The van der Waals surface area contributed by atoms with Gasteiger partial charge in [0.25, 0.3) is 0 Å². The van der Waals surface area contributed by atoms with Crippen molar-refractivity contribution >= 4 is 11.5 Å². The average Bonchev–Trinajstić information content (AvgIpc) is 2.40. The van der Waals surface area contributed by atoms with E-state index >= 15 is 0 Å². The molecule has 2 heterocycles. The lowest BCUT2D eigenvalue weighted by Gasteiger charge is -2.29. The van der Waals surface area contributed by atoms with Crippen LogP contribution in [0.15, 0.2) is 12.1 Å². The second-order valence-corrected chi connectivity index (χ2v) is 6.93. The van der Waals surface area contributed by atoms with Crippen LogP contribution in [0.1, 0.15) is 33.6 Å². The topological polar surface area (TPSA) is 63.4 Å². The zero-order valence-electron chi connectivity index (χ0n) is 13.6. The molecule has 21 heavy (non-hydrogen) atoms. The Bertz CT molecular complexity index is 462. The molecule has 1 aromatic heterocycles. The highest BCUT2D eigenvalue weighted by Gasteiger charge is 2.18. The number of nitrogens with zero attached hydrogens (tertiary/aromatic N) is 2. The molecule has 118 valence electrons. The molecule has 0 saturated carbocycles. The highest BCUT2D eigenvalue weighted by atomic mass is 16.5. The van der Waals surface area contributed by atoms with Gasteiger partial charge in [-0.2, -0.15) is 4.98 Å². The zero-order chi connectivity index (χ0) is 15.5. The highest BCUT2D eigenvalue weighted by Crippen LogP contribution is 2.25. The standard InChI is InChI=1S/C16H28N4O/c1-16(2,3)21-15-13(17)5-6-14(19-15)18-11-12-7-9-20(4)10-8-12/h5-6,12H,7-11,17H2,1-4H3,(H,18,19). The van der Waals surface area contributed by atoms with E-state index in [1.165, 1.54) is 25.9 Å². The predicted molar refractivity (Wildman–Crippen MR) is 87.7 cm³/mol. The summed E-state index contributed by atoms with van der Waals surface area (Å²) >= 11 is 0. The van der Waals surface area contributed by atoms with Gasteiger partial charge in [-0.15, -0.1) is 0 Å². The third-order valence-corrected chi connectivity index (χ3v) is 3.70. The summed E-state index contributed by atoms with van der Waals surface area (Å²) < 4.78 is 5.80. The van der Waals surface area contributed by atoms with E-state index in [0.29, 0.717) is 17.5 Å². The number of nitrogen functional groups attached to an aromatic ring is 1. The third-order valence-electron chi connectivity index (χ3n) is 3.70. The van der Waals surface area contributed by atoms with Crippen LogP contribution in [0.4, 0.5) is 11.5 Å². The van der Waals surface area contributed by atoms with E-state index < -0.39 is 0 Å². The van der Waals surface area contributed by atoms with Crippen LogP contribution < -0.4 is 15.8 Å². The molecule has 0 radical (unpaired) electrons. The van der Waals surface area contributed by atoms with Gasteiger partial charge in [0.05, 0.1) is 5.69 Å². The molecule has 0 unspecified atom stereocenters. The first kappa shape index (κ1) is 15.9. The first-order valence-corrected chi connectivity index (χ1v) is 7.71. The number of rotatable bonds is 4. The summed E-state index contributed by atoms with van der Waals surface area (Å²) in [6.45, 7) is 9.30. The summed E-state index contributed by atoms with van der Waals surface area (Å²) in [5.41, 5.74) is 6.21. The second-order valence-electron chi connectivity index (χ2n) is 6.93. The molecule has 0 aromatic carbocycles. The van der Waals surface area contributed by atoms with Crippen LogP contribution in [-0.4, -0.2) is 42.2 Å². The van der Waals surface area contributed by atoms with Gasteiger partial charge in [0, 0.05) is 6.54 Å². The molecule has 1 saturated heterocycles. The fourth-order valence-electron chi connectivity index (χ4n) is 2.44. The van der Waals surface area contributed by atoms with Crippen molar-refractivity contribution < 1.29 is 4.74 Å². The summed E-state index contributed by atoms with van der Waals surface area (Å²) in [5.74, 6) is 2.06. The number of ether oxygens (including phenoxy) is 1. The molecule has 3 N–H and O–H groups in total. The summed E-state index contributed by atoms with van der Waals surface area (Å²) in [6.07, 6.45) is 2.48. The van der Waals surface area contributed by atoms with Crippen molar-refractivity contribution in [1.82, 2.24) is 9.88 Å². The first-order chi connectivity index (χ1) is 9.83. The van der Waals surface area contributed by atoms with Gasteiger partial charge in [0.1, 0.15) is 11.4 Å². The first-order valence-electron chi connectivity index (χ1n) is 7.71. The molecule has 2 rings (SSSR count). The van der Waals surface area contributed by atoms with Crippen molar-refractivity contribution in [3.63, 3.8) is 0 Å². The minimum absolute atomic E-state index is 0.298. The normalized spacial score (nSPS) is 17.7. The van der Waals surface area contributed by atoms with Gasteiger partial charge in [-0.05, 0) is 71.8 Å². The zero-order valence-corrected chi connectivity index (χ0v) is 13.6. The Morgan fingerprint density at radius 2 is 2.00 bits per heavy atom. The molecule has 1 aliphatic heterocycles. The molecule has 1 aromatic rings. The lowest BCUT2D eigenvalue weighted by atomic mass is 9.97. The van der Waals surface area contributed by atoms with Crippen molar-refractivity contribution in [2.24, 2.45) is 5.92 Å². The molecule has 0 aliphatic carbocycles. The Morgan fingerprint density at radius 1 is 1.33 bits per heavy atom. The van der Waals surface area contributed by atoms with E-state index in [4.69, 9.17) is 10.5 Å². The average molecular weight is 292 g/mol. The number of likely N-dealkylation sites (tertiary alicyclic amines) is 1. The van der Waals surface area contributed by atoms with Gasteiger partial charge in [-0.1, -0.05) is 0 Å². The van der Waals surface area contributed by atoms with Crippen LogP contribution in [-0.2, 0) is 0 Å². The molecule has 1 fully saturated rings. The molecular weight excluding hydrogens is 264 g/mol. The van der Waals surface area contributed by atoms with Crippen LogP contribution in [0.2, 0.25) is 0 Å². The lowest BCUT2D eigenvalue weighted by molar-refractivity contribution is 0.125. The van der Waals surface area contributed by atoms with Gasteiger partial charge < -0.3 is 20.7 Å². The smallest absolute Gasteiger partial charge is 0.239 e. The van der Waals surface area contributed by atoms with Crippen LogP contribution in [0.5, 0.6) is 5.88 Å². The Kier molecular flexibility index (Phi) is 4.93. The molecule has 1 aliphatic rings. The van der Waals surface area contributed by atoms with Gasteiger partial charge in [-0.3, -0.25) is 0 Å². The van der Waals surface area contributed by atoms with E-state index in [9.17, 15) is 0 Å². The Balaban J connectivity index is 1.93. The molecule has 5 nitrogen and oxygen atoms in total. The SMILES string of the molecule is CN1CCC(CNc2ccc(N)c(OC(C)(C)C)n2)CC1. The van der Waals surface area contributed by atoms with Crippen molar-refractivity contribution in [3.8, 4) is 5.88 Å². The van der Waals surface area contributed by atoms with Crippen LogP contribution in [0.3, 0.4) is 0 Å². The van der Waals surface area contributed by atoms with Crippen LogP contribution in [0, 0.1) is 5.92 Å². The van der Waals surface area contributed by atoms with Crippen molar-refractivity contribution in [1.29, 1.82) is 0 Å². The molecule has 0 atom stereocenters. The van der Waals surface area contributed by atoms with Crippen molar-refractivity contribution in [3.05, 3.63) is 12.1 Å². The van der Waals surface area contributed by atoms with Gasteiger partial charge in [0.2, 0.25) is 5.88 Å². The second kappa shape index (κ2) is 6.52. The fourth-order valence-corrected chi connectivity index (χ4v) is 2.44. The van der Waals surface area contributed by atoms with E-state index in [1.807, 2.05) is 32.9 Å². The van der Waals surface area contributed by atoms with Crippen molar-refractivity contribution in [2.45, 2.75) is 39.2 Å². The highest BCUT2D eigenvalue weighted by molar-refractivity contribution is 5.53. The van der Waals surface area contributed by atoms with Gasteiger partial charge >= 0.3 is 0 Å². The third kappa shape index (κ3) is 5.08. The summed E-state index contributed by atoms with van der Waals surface area (Å²) in [4.78, 5) is 6.87. The van der Waals surface area contributed by atoms with E-state index in [2.05, 4.69) is 22.2 Å². The Morgan fingerprint density at radius 3 is 2.62 bits per heavy atom. The monoisotopic (exact) mass is 292 g/mol. The Hall–Kier alpha value is -1.49. The Labute approximate surface area is 127 Å². The van der Waals surface area contributed by atoms with E-state index in [1.54, 1.807) is 0 Å². The maximum absolute atomic E-state index is 5.93. The molecule has 0 bridgehead atoms. The molecular formula is C16H28N4O. The van der Waals surface area contributed by atoms with Gasteiger partial charge in [0.15, 0.2) is 0 Å². The molecule has 0 spiro atoms. The molecule has 0 amide bonds. The van der Waals surface area contributed by atoms with Gasteiger partial charge in [-0.25, -0.2) is 0 Å². The minimum Gasteiger partial charge on any atom is -0.470 e. The fraction of sp³-hybridized carbons (Fsp3) is 0.688. The number of piperidine rings is 1. The maximum Gasteiger partial charge on any atom is 0.239 e. The summed E-state index contributed by atoms with van der Waals surface area (Å²) in [6, 6.07) is 3.77. The summed E-state index contributed by atoms with van der Waals surface area (Å²) in [7, 11) is 2.18. The van der Waals surface area contributed by atoms with Crippen LogP contribution in [0.25, 0.3) is 0 Å². The van der Waals surface area contributed by atoms with E-state index in [0.717, 1.165) is 12.4 Å². The quantitative estimate of drug-likeness (QED) is 0.893. The maximum atomic E-state index is 5.93. The summed E-state index contributed by atoms with van der Waals surface area (Å²) in [5, 5.41) is 3.42. The lowest BCUT2D eigenvalue weighted by Crippen LogP contribution is -2.33. The number of hydrogen-bond acceptors (Lipinski definition) is 5. The van der Waals surface area contributed by atoms with Crippen LogP contribution >= 0.6 is 0 Å². The van der Waals surface area contributed by atoms with Crippen molar-refractivity contribution in [2.75, 3.05) is 37.7 Å². The molecule has 5 heteroatoms. The number of hydrogen-bond donors (Lipinski definition) is 2. The largest absolute Gasteiger partial charge is 0.470 e. The number of nitrogens with one attached hydrogen (secondary N) is 1. The predicted octanol–water partition coefficient (Wildman–Crippen LogP) is 2.59. The van der Waals surface area contributed by atoms with E-state index in [-0.39, 0.29) is 5.60 Å².